The lowest BCUT2D eigenvalue weighted by molar-refractivity contribution is -1.01. The lowest BCUT2D eigenvalue weighted by Gasteiger charge is -2.39. The van der Waals surface area contributed by atoms with Gasteiger partial charge in [-0.1, -0.05) is 72.8 Å². The summed E-state index contributed by atoms with van der Waals surface area (Å²) in [6.07, 6.45) is 4.17. The lowest BCUT2D eigenvalue weighted by Crippen LogP contribution is -2.85. The standard InChI is InChI=1S/C42H25N6OSi/c1-44-40-29(15-8-22-43-40)47-41(44)28-13-6-16-30-38(28)48(47)39-31(49-30)20-21-35-37(39)46-36-26(27-14-9-23-45(48)42(27)46)12-7-19-34(36)50(35)32-17-4-2-10-24(32)25-11-3-5-18-33(25)50/h2-23H,1H3/q+3. The molecule has 0 bridgehead atoms. The monoisotopic (exact) mass is 657 g/mol. The van der Waals surface area contributed by atoms with E-state index < -0.39 is 8.07 Å². The van der Waals surface area contributed by atoms with E-state index >= 15 is 0 Å². The van der Waals surface area contributed by atoms with Gasteiger partial charge >= 0.3 is 17.2 Å². The number of benzene rings is 5. The number of quaternary nitrogens is 1. The molecule has 0 fully saturated rings. The summed E-state index contributed by atoms with van der Waals surface area (Å²) < 4.78 is 17.3. The Balaban J connectivity index is 1.32. The first-order chi connectivity index (χ1) is 24.8. The second-order valence-electron chi connectivity index (χ2n) is 14.2. The Labute approximate surface area is 285 Å². The molecule has 0 aliphatic carbocycles. The first-order valence-electron chi connectivity index (χ1n) is 17.2. The van der Waals surface area contributed by atoms with Gasteiger partial charge in [0.15, 0.2) is 20.0 Å². The third kappa shape index (κ3) is 2.18. The van der Waals surface area contributed by atoms with Crippen LogP contribution in [0.25, 0.3) is 61.3 Å². The predicted molar refractivity (Wildman–Crippen MR) is 196 cm³/mol. The highest BCUT2D eigenvalue weighted by atomic mass is 28.3. The van der Waals surface area contributed by atoms with Crippen molar-refractivity contribution < 1.29 is 14.1 Å². The SMILES string of the molecule is Cn1c2[n+](c3cccnc31)[N+]13c4c(cccc4-2)Oc2ccc4c(c21)-n1c2c(cccc2c2ccc[n+]3c21)[Si]41c2ccccc2-c2ccccc21. The normalized spacial score (nSPS) is 18.1. The Bertz CT molecular complexity index is 3130. The van der Waals surface area contributed by atoms with Gasteiger partial charge in [0.1, 0.15) is 11.1 Å². The van der Waals surface area contributed by atoms with Crippen LogP contribution in [0.1, 0.15) is 0 Å². The van der Waals surface area contributed by atoms with Crippen LogP contribution in [0.2, 0.25) is 0 Å². The molecule has 8 heteroatoms. The van der Waals surface area contributed by atoms with Crippen molar-refractivity contribution in [1.82, 2.24) is 18.8 Å². The molecule has 1 atom stereocenters. The van der Waals surface area contributed by atoms with Crippen molar-refractivity contribution in [3.63, 3.8) is 0 Å². The van der Waals surface area contributed by atoms with Crippen LogP contribution in [0, 0.1) is 0 Å². The zero-order valence-electron chi connectivity index (χ0n) is 26.8. The van der Waals surface area contributed by atoms with Gasteiger partial charge in [0.25, 0.3) is 16.9 Å². The van der Waals surface area contributed by atoms with E-state index in [9.17, 15) is 0 Å². The number of aryl methyl sites for hydroxylation is 1. The molecule has 50 heavy (non-hydrogen) atoms. The average molecular weight is 658 g/mol. The minimum absolute atomic E-state index is 0.332. The Hall–Kier alpha value is -6.35. The van der Waals surface area contributed by atoms with Crippen LogP contribution in [0.5, 0.6) is 11.5 Å². The maximum atomic E-state index is 7.06. The third-order valence-corrected chi connectivity index (χ3v) is 17.2. The van der Waals surface area contributed by atoms with Crippen LogP contribution in [0.15, 0.2) is 134 Å². The van der Waals surface area contributed by atoms with E-state index in [1.54, 1.807) is 0 Å². The van der Waals surface area contributed by atoms with Gasteiger partial charge < -0.3 is 4.74 Å². The number of rotatable bonds is 0. The molecule has 14 rings (SSSR count). The molecule has 5 aliphatic heterocycles. The quantitative estimate of drug-likeness (QED) is 0.133. The number of nitrogens with zero attached hydrogens (tertiary/aromatic N) is 6. The van der Waals surface area contributed by atoms with Crippen LogP contribution in [-0.2, 0) is 7.05 Å². The van der Waals surface area contributed by atoms with Crippen molar-refractivity contribution in [2.75, 3.05) is 0 Å². The summed E-state index contributed by atoms with van der Waals surface area (Å²) in [4.78, 5) is 4.94. The van der Waals surface area contributed by atoms with E-state index in [4.69, 9.17) is 9.72 Å². The zero-order chi connectivity index (χ0) is 32.2. The molecule has 9 aromatic rings. The smallest absolute Gasteiger partial charge is 0.353 e. The molecule has 2 spiro atoms. The fourth-order valence-corrected chi connectivity index (χ4v) is 16.4. The van der Waals surface area contributed by atoms with Gasteiger partial charge in [0, 0.05) is 26.6 Å². The highest BCUT2D eigenvalue weighted by Crippen LogP contribution is 2.60. The molecule has 0 saturated heterocycles. The number of hydrogen-bond acceptors (Lipinski definition) is 2. The molecule has 0 amide bonds. The number of ether oxygens (including phenoxy) is 1. The third-order valence-electron chi connectivity index (χ3n) is 12.3. The zero-order valence-corrected chi connectivity index (χ0v) is 27.8. The molecule has 5 aliphatic rings. The number of para-hydroxylation sites is 2. The summed E-state index contributed by atoms with van der Waals surface area (Å²) in [5.74, 6) is 2.87. The maximum Gasteiger partial charge on any atom is 0.353 e. The number of pyridine rings is 2. The number of hydrogen-bond donors (Lipinski definition) is 0. The molecule has 0 N–H and O–H groups in total. The first kappa shape index (κ1) is 24.7. The Kier molecular flexibility index (Phi) is 3.76. The molecule has 4 aromatic heterocycles. The van der Waals surface area contributed by atoms with E-state index in [1.165, 1.54) is 59.5 Å². The largest absolute Gasteiger partial charge is 0.444 e. The molecule has 1 unspecified atom stereocenters. The molecule has 9 heterocycles. The number of aromatic nitrogens is 5. The van der Waals surface area contributed by atoms with Crippen LogP contribution in [0.4, 0.5) is 11.4 Å². The van der Waals surface area contributed by atoms with E-state index in [-0.39, 0.29) is 0 Å². The minimum Gasteiger partial charge on any atom is -0.444 e. The topological polar surface area (TPSA) is 39.7 Å². The molecule has 5 aromatic carbocycles. The summed E-state index contributed by atoms with van der Waals surface area (Å²) in [6, 6.07) is 45.5. The highest BCUT2D eigenvalue weighted by Gasteiger charge is 2.71. The van der Waals surface area contributed by atoms with Gasteiger partial charge in [0.05, 0.1) is 17.1 Å². The van der Waals surface area contributed by atoms with Crippen LogP contribution < -0.4 is 39.5 Å². The molecular weight excluding hydrogens is 633 g/mol. The maximum absolute atomic E-state index is 7.06. The second-order valence-corrected chi connectivity index (χ2v) is 17.8. The lowest BCUT2D eigenvalue weighted by atomic mass is 10.1. The molecule has 7 nitrogen and oxygen atoms in total. The minimum atomic E-state index is -2.82. The molecular formula is C42H25N6OSi+3. The van der Waals surface area contributed by atoms with Crippen LogP contribution in [0.3, 0.4) is 0 Å². The average Bonchev–Trinajstić information content (AvgIpc) is 3.86. The summed E-state index contributed by atoms with van der Waals surface area (Å²) in [5, 5.41) is 8.35. The van der Waals surface area contributed by atoms with Gasteiger partial charge in [0.2, 0.25) is 11.4 Å². The molecule has 0 saturated carbocycles. The van der Waals surface area contributed by atoms with E-state index in [0.29, 0.717) is 4.70 Å². The summed E-state index contributed by atoms with van der Waals surface area (Å²) in [5.41, 5.74) is 11.9. The van der Waals surface area contributed by atoms with Crippen molar-refractivity contribution in [3.05, 3.63) is 134 Å². The van der Waals surface area contributed by atoms with Gasteiger partial charge in [-0.2, -0.15) is 4.57 Å². The van der Waals surface area contributed by atoms with Gasteiger partial charge in [-0.25, -0.2) is 9.55 Å². The fraction of sp³-hybridized carbons (Fsp3) is 0.0238. The fourth-order valence-electron chi connectivity index (χ4n) is 10.8. The van der Waals surface area contributed by atoms with Crippen molar-refractivity contribution in [1.29, 1.82) is 0 Å². The predicted octanol–water partition coefficient (Wildman–Crippen LogP) is 4.88. The first-order valence-corrected chi connectivity index (χ1v) is 19.2. The van der Waals surface area contributed by atoms with Gasteiger partial charge in [-0.05, 0) is 74.7 Å². The summed E-state index contributed by atoms with van der Waals surface area (Å²) in [7, 11) is -0.676. The van der Waals surface area contributed by atoms with E-state index in [0.717, 1.165) is 45.4 Å². The Morgan fingerprint density at radius 3 is 2.26 bits per heavy atom. The highest BCUT2D eigenvalue weighted by molar-refractivity contribution is 7.23. The summed E-state index contributed by atoms with van der Waals surface area (Å²) in [6.45, 7) is 0. The van der Waals surface area contributed by atoms with Crippen molar-refractivity contribution in [2.45, 2.75) is 0 Å². The van der Waals surface area contributed by atoms with Gasteiger partial charge in [-0.3, -0.25) is 0 Å². The number of fused-ring (bicyclic) bond motifs is 12. The molecule has 230 valence electrons. The Morgan fingerprint density at radius 2 is 1.40 bits per heavy atom. The summed E-state index contributed by atoms with van der Waals surface area (Å²) >= 11 is 0. The van der Waals surface area contributed by atoms with Crippen LogP contribution >= 0.6 is 0 Å². The number of imidazole rings is 1. The van der Waals surface area contributed by atoms with E-state index in [2.05, 4.69) is 153 Å². The van der Waals surface area contributed by atoms with Crippen molar-refractivity contribution in [2.24, 2.45) is 7.05 Å². The molecule has 0 radical (unpaired) electrons. The van der Waals surface area contributed by atoms with Crippen molar-refractivity contribution in [3.8, 4) is 39.7 Å². The van der Waals surface area contributed by atoms with Gasteiger partial charge in [-0.15, -0.1) is 0 Å². The second kappa shape index (κ2) is 7.60. The van der Waals surface area contributed by atoms with Crippen molar-refractivity contribution >= 4 is 73.3 Å². The van der Waals surface area contributed by atoms with E-state index in [1.807, 2.05) is 6.20 Å². The Morgan fingerprint density at radius 1 is 0.660 bits per heavy atom. The van der Waals surface area contributed by atoms with Crippen LogP contribution in [-0.4, -0.2) is 22.2 Å².